The summed E-state index contributed by atoms with van der Waals surface area (Å²) in [5.74, 6) is 0.308. The van der Waals surface area contributed by atoms with Crippen LogP contribution in [0.1, 0.15) is 16.7 Å². The van der Waals surface area contributed by atoms with Gasteiger partial charge in [-0.15, -0.1) is 0 Å². The first-order valence-corrected chi connectivity index (χ1v) is 9.48. The lowest BCUT2D eigenvalue weighted by molar-refractivity contribution is 0.601. The number of benzene rings is 2. The van der Waals surface area contributed by atoms with Gasteiger partial charge in [-0.3, -0.25) is 4.72 Å². The molecule has 2 aromatic carbocycles. The topological polar surface area (TPSA) is 59.1 Å². The maximum Gasteiger partial charge on any atom is 0.263 e. The number of rotatable bonds is 4. The number of nitrogens with zero attached hydrogens (tertiary/aromatic N) is 1. The number of nitrogens with one attached hydrogen (secondary N) is 1. The zero-order chi connectivity index (χ0) is 18.0. The minimum absolute atomic E-state index is 0.213. The first-order valence-electron chi connectivity index (χ1n) is 8.00. The van der Waals surface area contributed by atoms with E-state index in [2.05, 4.69) is 29.6 Å². The van der Waals surface area contributed by atoms with E-state index in [1.54, 1.807) is 36.4 Å². The van der Waals surface area contributed by atoms with E-state index in [9.17, 15) is 8.42 Å². The Hall–Kier alpha value is -2.66. The lowest BCUT2D eigenvalue weighted by Crippen LogP contribution is -2.14. The fourth-order valence-electron chi connectivity index (χ4n) is 2.56. The summed E-state index contributed by atoms with van der Waals surface area (Å²) in [7, 11) is -3.65. The van der Waals surface area contributed by atoms with Crippen LogP contribution in [-0.2, 0) is 10.0 Å². The molecule has 3 rings (SSSR count). The van der Waals surface area contributed by atoms with Gasteiger partial charge in [0.25, 0.3) is 10.0 Å². The molecule has 25 heavy (non-hydrogen) atoms. The van der Waals surface area contributed by atoms with Crippen molar-refractivity contribution in [2.45, 2.75) is 25.7 Å². The minimum Gasteiger partial charge on any atom is -0.263 e. The summed E-state index contributed by atoms with van der Waals surface area (Å²) in [6.45, 7) is 6.08. The Balaban J connectivity index is 1.98. The molecule has 0 unspecified atom stereocenters. The highest BCUT2D eigenvalue weighted by Gasteiger charge is 2.15. The molecule has 1 aromatic heterocycles. The van der Waals surface area contributed by atoms with E-state index in [-0.39, 0.29) is 4.90 Å². The fraction of sp³-hybridized carbons (Fsp3) is 0.150. The Bertz CT molecular complexity index is 1010. The molecule has 3 aromatic rings. The Kier molecular flexibility index (Phi) is 4.59. The van der Waals surface area contributed by atoms with Gasteiger partial charge in [-0.1, -0.05) is 36.4 Å². The second-order valence-corrected chi connectivity index (χ2v) is 7.76. The van der Waals surface area contributed by atoms with E-state index in [1.807, 2.05) is 25.1 Å². The molecule has 1 N–H and O–H groups in total. The number of sulfonamides is 1. The van der Waals surface area contributed by atoms with Crippen LogP contribution >= 0.6 is 0 Å². The summed E-state index contributed by atoms with van der Waals surface area (Å²) in [6, 6.07) is 18.0. The van der Waals surface area contributed by atoms with Crippen molar-refractivity contribution in [2.24, 2.45) is 0 Å². The number of aryl methyl sites for hydroxylation is 3. The van der Waals surface area contributed by atoms with E-state index < -0.39 is 10.0 Å². The zero-order valence-electron chi connectivity index (χ0n) is 14.4. The molecule has 0 spiro atoms. The first-order chi connectivity index (χ1) is 11.9. The largest absolute Gasteiger partial charge is 0.263 e. The molecule has 4 nitrogen and oxygen atoms in total. The predicted molar refractivity (Wildman–Crippen MR) is 101 cm³/mol. The minimum atomic E-state index is -3.65. The van der Waals surface area contributed by atoms with Crippen LogP contribution in [0.3, 0.4) is 0 Å². The van der Waals surface area contributed by atoms with E-state index in [0.29, 0.717) is 5.82 Å². The third kappa shape index (κ3) is 3.72. The molecule has 5 heteroatoms. The average molecular weight is 352 g/mol. The second-order valence-electron chi connectivity index (χ2n) is 6.08. The highest BCUT2D eigenvalue weighted by molar-refractivity contribution is 7.92. The fourth-order valence-corrected chi connectivity index (χ4v) is 3.59. The van der Waals surface area contributed by atoms with Gasteiger partial charge in [0.15, 0.2) is 0 Å². The van der Waals surface area contributed by atoms with Gasteiger partial charge in [0, 0.05) is 5.56 Å². The van der Waals surface area contributed by atoms with E-state index in [1.165, 1.54) is 11.1 Å². The van der Waals surface area contributed by atoms with Gasteiger partial charge in [0.05, 0.1) is 10.6 Å². The van der Waals surface area contributed by atoms with E-state index in [0.717, 1.165) is 16.8 Å². The monoisotopic (exact) mass is 352 g/mol. The summed E-state index contributed by atoms with van der Waals surface area (Å²) in [4.78, 5) is 4.75. The summed E-state index contributed by atoms with van der Waals surface area (Å²) in [5.41, 5.74) is 5.12. The van der Waals surface area contributed by atoms with Gasteiger partial charge in [-0.2, -0.15) is 0 Å². The van der Waals surface area contributed by atoms with Crippen LogP contribution in [0.5, 0.6) is 0 Å². The second kappa shape index (κ2) is 6.69. The van der Waals surface area contributed by atoms with Gasteiger partial charge in [0.2, 0.25) is 0 Å². The quantitative estimate of drug-likeness (QED) is 0.753. The van der Waals surface area contributed by atoms with Gasteiger partial charge in [-0.05, 0) is 61.7 Å². The van der Waals surface area contributed by atoms with Crippen molar-refractivity contribution in [3.8, 4) is 11.3 Å². The SMILES string of the molecule is Cc1ccc(-c2nc(NS(=O)(=O)c3ccccc3)ccc2C)cc1C. The molecule has 0 fully saturated rings. The van der Waals surface area contributed by atoms with E-state index in [4.69, 9.17) is 0 Å². The van der Waals surface area contributed by atoms with Crippen molar-refractivity contribution in [2.75, 3.05) is 4.72 Å². The molecule has 0 atom stereocenters. The highest BCUT2D eigenvalue weighted by atomic mass is 32.2. The molecule has 0 bridgehead atoms. The maximum absolute atomic E-state index is 12.5. The highest BCUT2D eigenvalue weighted by Crippen LogP contribution is 2.26. The molecule has 1 heterocycles. The molecule has 0 saturated carbocycles. The first kappa shape index (κ1) is 17.2. The summed E-state index contributed by atoms with van der Waals surface area (Å²) < 4.78 is 27.5. The normalized spacial score (nSPS) is 11.3. The van der Waals surface area contributed by atoms with E-state index >= 15 is 0 Å². The van der Waals surface area contributed by atoms with Crippen molar-refractivity contribution in [1.82, 2.24) is 4.98 Å². The van der Waals surface area contributed by atoms with Crippen LogP contribution in [0.2, 0.25) is 0 Å². The lowest BCUT2D eigenvalue weighted by atomic mass is 10.0. The Morgan fingerprint density at radius 3 is 2.16 bits per heavy atom. The Labute approximate surface area is 148 Å². The smallest absolute Gasteiger partial charge is 0.263 e. The maximum atomic E-state index is 12.5. The Morgan fingerprint density at radius 1 is 0.800 bits per heavy atom. The molecule has 0 amide bonds. The summed E-state index contributed by atoms with van der Waals surface area (Å²) >= 11 is 0. The summed E-state index contributed by atoms with van der Waals surface area (Å²) in [5, 5.41) is 0. The third-order valence-corrected chi connectivity index (χ3v) is 5.54. The number of aromatic nitrogens is 1. The molecule has 0 saturated heterocycles. The van der Waals surface area contributed by atoms with Gasteiger partial charge in [-0.25, -0.2) is 13.4 Å². The predicted octanol–water partition coefficient (Wildman–Crippen LogP) is 4.47. The molecular weight excluding hydrogens is 332 g/mol. The number of anilines is 1. The molecular formula is C20H20N2O2S. The van der Waals surface area contributed by atoms with Crippen LogP contribution in [0.25, 0.3) is 11.3 Å². The van der Waals surface area contributed by atoms with Gasteiger partial charge < -0.3 is 0 Å². The average Bonchev–Trinajstić information content (AvgIpc) is 2.60. The molecule has 0 aliphatic rings. The Morgan fingerprint density at radius 2 is 1.48 bits per heavy atom. The van der Waals surface area contributed by atoms with Crippen LogP contribution in [0.15, 0.2) is 65.6 Å². The van der Waals surface area contributed by atoms with Crippen molar-refractivity contribution in [3.63, 3.8) is 0 Å². The van der Waals surface area contributed by atoms with Crippen LogP contribution < -0.4 is 4.72 Å². The van der Waals surface area contributed by atoms with Crippen LogP contribution in [0.4, 0.5) is 5.82 Å². The van der Waals surface area contributed by atoms with Crippen LogP contribution in [-0.4, -0.2) is 13.4 Å². The van der Waals surface area contributed by atoms with Crippen molar-refractivity contribution in [3.05, 3.63) is 77.4 Å². The van der Waals surface area contributed by atoms with Gasteiger partial charge >= 0.3 is 0 Å². The van der Waals surface area contributed by atoms with Gasteiger partial charge in [0.1, 0.15) is 5.82 Å². The zero-order valence-corrected chi connectivity index (χ0v) is 15.3. The molecule has 0 radical (unpaired) electrons. The molecule has 128 valence electrons. The van der Waals surface area contributed by atoms with Crippen molar-refractivity contribution >= 4 is 15.8 Å². The summed E-state index contributed by atoms with van der Waals surface area (Å²) in [6.07, 6.45) is 0. The van der Waals surface area contributed by atoms with Crippen LogP contribution in [0, 0.1) is 20.8 Å². The molecule has 0 aliphatic carbocycles. The number of hydrogen-bond donors (Lipinski definition) is 1. The van der Waals surface area contributed by atoms with Crippen molar-refractivity contribution in [1.29, 1.82) is 0 Å². The lowest BCUT2D eigenvalue weighted by Gasteiger charge is -2.12. The van der Waals surface area contributed by atoms with Crippen molar-refractivity contribution < 1.29 is 8.42 Å². The number of hydrogen-bond acceptors (Lipinski definition) is 3. The third-order valence-electron chi connectivity index (χ3n) is 4.17. The number of pyridine rings is 1. The standard InChI is InChI=1S/C20H20N2O2S/c1-14-9-11-17(13-16(14)3)20-15(2)10-12-19(21-20)22-25(23,24)18-7-5-4-6-8-18/h4-13H,1-3H3,(H,21,22). The molecule has 0 aliphatic heterocycles.